The van der Waals surface area contributed by atoms with Gasteiger partial charge < -0.3 is 19.7 Å². The number of halogens is 1. The number of ether oxygens (including phenoxy) is 2. The van der Waals surface area contributed by atoms with Crippen molar-refractivity contribution < 1.29 is 18.7 Å². The highest BCUT2D eigenvalue weighted by Crippen LogP contribution is 2.22. The second-order valence-corrected chi connectivity index (χ2v) is 5.82. The van der Waals surface area contributed by atoms with E-state index < -0.39 is 5.82 Å². The van der Waals surface area contributed by atoms with Crippen molar-refractivity contribution in [1.29, 1.82) is 0 Å². The van der Waals surface area contributed by atoms with Crippen LogP contribution in [0.4, 0.5) is 9.18 Å². The Morgan fingerprint density at radius 3 is 2.52 bits per heavy atom. The summed E-state index contributed by atoms with van der Waals surface area (Å²) in [7, 11) is 0. The summed E-state index contributed by atoms with van der Waals surface area (Å²) in [6.07, 6.45) is 5.53. The first-order valence-corrected chi connectivity index (χ1v) is 7.98. The Kier molecular flexibility index (Phi) is 5.22. The van der Waals surface area contributed by atoms with E-state index >= 15 is 0 Å². The molecule has 0 bridgehead atoms. The lowest BCUT2D eigenvalue weighted by Gasteiger charge is -2.32. The van der Waals surface area contributed by atoms with Gasteiger partial charge in [-0.3, -0.25) is 0 Å². The Morgan fingerprint density at radius 1 is 1.22 bits per heavy atom. The molecule has 2 fully saturated rings. The predicted molar refractivity (Wildman–Crippen MR) is 79.6 cm³/mol. The lowest BCUT2D eigenvalue weighted by Crippen LogP contribution is -2.50. The van der Waals surface area contributed by atoms with Crippen LogP contribution in [0.25, 0.3) is 0 Å². The minimum atomic E-state index is -0.480. The fourth-order valence-electron chi connectivity index (χ4n) is 2.87. The number of urea groups is 1. The van der Waals surface area contributed by atoms with E-state index in [0.29, 0.717) is 26.3 Å². The molecule has 3 rings (SSSR count). The minimum absolute atomic E-state index is 0.0111. The summed E-state index contributed by atoms with van der Waals surface area (Å²) >= 11 is 0. The molecule has 1 aromatic rings. The Hall–Kier alpha value is -1.96. The summed E-state index contributed by atoms with van der Waals surface area (Å²) < 4.78 is 23.7. The zero-order valence-electron chi connectivity index (χ0n) is 12.9. The van der Waals surface area contributed by atoms with Gasteiger partial charge in [-0.1, -0.05) is 0 Å². The third-order valence-electron chi connectivity index (χ3n) is 4.17. The third kappa shape index (κ3) is 4.51. The maximum Gasteiger partial charge on any atom is 0.317 e. The molecule has 2 aliphatic rings. The van der Waals surface area contributed by atoms with Crippen LogP contribution >= 0.6 is 0 Å². The average Bonchev–Trinajstić information content (AvgIpc) is 2.59. The van der Waals surface area contributed by atoms with Crippen LogP contribution < -0.4 is 10.1 Å². The molecule has 2 heterocycles. The standard InChI is InChI=1S/C15H21FN4O3/c16-11-9-17-14(18-10-11)23-13-3-1-12(2-4-13)19-15(21)20-5-7-22-8-6-20/h9-10,12-13H,1-8H2,(H,19,21). The lowest BCUT2D eigenvalue weighted by molar-refractivity contribution is 0.0513. The second-order valence-electron chi connectivity index (χ2n) is 5.82. The van der Waals surface area contributed by atoms with Crippen LogP contribution in [0.1, 0.15) is 25.7 Å². The Morgan fingerprint density at radius 2 is 1.87 bits per heavy atom. The van der Waals surface area contributed by atoms with Gasteiger partial charge in [0.05, 0.1) is 25.6 Å². The summed E-state index contributed by atoms with van der Waals surface area (Å²) in [5, 5.41) is 3.08. The Labute approximate surface area is 134 Å². The fraction of sp³-hybridized carbons (Fsp3) is 0.667. The number of carbonyl (C=O) groups excluding carboxylic acids is 1. The van der Waals surface area contributed by atoms with Crippen molar-refractivity contribution in [3.8, 4) is 6.01 Å². The minimum Gasteiger partial charge on any atom is -0.460 e. The number of rotatable bonds is 3. The topological polar surface area (TPSA) is 76.6 Å². The summed E-state index contributed by atoms with van der Waals surface area (Å²) in [4.78, 5) is 21.5. The van der Waals surface area contributed by atoms with E-state index in [1.165, 1.54) is 0 Å². The van der Waals surface area contributed by atoms with E-state index in [0.717, 1.165) is 38.1 Å². The van der Waals surface area contributed by atoms with E-state index in [1.807, 2.05) is 0 Å². The van der Waals surface area contributed by atoms with Crippen LogP contribution in [0.2, 0.25) is 0 Å². The summed E-state index contributed by atoms with van der Waals surface area (Å²) in [5.41, 5.74) is 0. The maximum absolute atomic E-state index is 12.8. The van der Waals surface area contributed by atoms with E-state index in [4.69, 9.17) is 9.47 Å². The molecule has 1 aliphatic carbocycles. The van der Waals surface area contributed by atoms with Gasteiger partial charge >= 0.3 is 12.0 Å². The van der Waals surface area contributed by atoms with Gasteiger partial charge in [-0.05, 0) is 25.7 Å². The van der Waals surface area contributed by atoms with Gasteiger partial charge in [0, 0.05) is 19.1 Å². The molecule has 2 amide bonds. The van der Waals surface area contributed by atoms with E-state index in [2.05, 4.69) is 15.3 Å². The molecular formula is C15H21FN4O3. The van der Waals surface area contributed by atoms with Crippen molar-refractivity contribution in [2.24, 2.45) is 0 Å². The quantitative estimate of drug-likeness (QED) is 0.908. The van der Waals surface area contributed by atoms with Gasteiger partial charge in [0.15, 0.2) is 5.82 Å². The smallest absolute Gasteiger partial charge is 0.317 e. The monoisotopic (exact) mass is 324 g/mol. The fourth-order valence-corrected chi connectivity index (χ4v) is 2.87. The molecule has 0 unspecified atom stereocenters. The zero-order chi connectivity index (χ0) is 16.1. The van der Waals surface area contributed by atoms with Crippen molar-refractivity contribution in [2.45, 2.75) is 37.8 Å². The molecule has 1 saturated heterocycles. The van der Waals surface area contributed by atoms with Crippen molar-refractivity contribution >= 4 is 6.03 Å². The van der Waals surface area contributed by atoms with E-state index in [-0.39, 0.29) is 24.2 Å². The highest BCUT2D eigenvalue weighted by Gasteiger charge is 2.26. The van der Waals surface area contributed by atoms with Crippen LogP contribution in [-0.4, -0.2) is 59.3 Å². The van der Waals surface area contributed by atoms with Crippen LogP contribution in [0.3, 0.4) is 0 Å². The van der Waals surface area contributed by atoms with Crippen molar-refractivity contribution in [2.75, 3.05) is 26.3 Å². The SMILES string of the molecule is O=C(NC1CCC(Oc2ncc(F)cn2)CC1)N1CCOCC1. The van der Waals surface area contributed by atoms with Crippen LogP contribution in [0.15, 0.2) is 12.4 Å². The largest absolute Gasteiger partial charge is 0.460 e. The third-order valence-corrected chi connectivity index (χ3v) is 4.17. The lowest BCUT2D eigenvalue weighted by atomic mass is 9.93. The summed E-state index contributed by atoms with van der Waals surface area (Å²) in [6, 6.07) is 0.353. The highest BCUT2D eigenvalue weighted by molar-refractivity contribution is 5.74. The van der Waals surface area contributed by atoms with Gasteiger partial charge in [0.25, 0.3) is 0 Å². The van der Waals surface area contributed by atoms with Gasteiger partial charge in [-0.2, -0.15) is 0 Å². The molecule has 126 valence electrons. The molecule has 7 nitrogen and oxygen atoms in total. The molecule has 0 spiro atoms. The molecule has 0 aromatic carbocycles. The predicted octanol–water partition coefficient (Wildman–Crippen LogP) is 1.35. The number of nitrogens with one attached hydrogen (secondary N) is 1. The van der Waals surface area contributed by atoms with Crippen LogP contribution in [-0.2, 0) is 4.74 Å². The molecular weight excluding hydrogens is 303 g/mol. The normalized spacial score (nSPS) is 25.0. The highest BCUT2D eigenvalue weighted by atomic mass is 19.1. The molecule has 0 radical (unpaired) electrons. The number of hydrogen-bond acceptors (Lipinski definition) is 5. The van der Waals surface area contributed by atoms with Crippen LogP contribution in [0.5, 0.6) is 6.01 Å². The number of hydrogen-bond donors (Lipinski definition) is 1. The summed E-state index contributed by atoms with van der Waals surface area (Å²) in [6.45, 7) is 2.50. The summed E-state index contributed by atoms with van der Waals surface area (Å²) in [5.74, 6) is -0.480. The number of aromatic nitrogens is 2. The Balaban J connectivity index is 1.41. The first kappa shape index (κ1) is 15.9. The molecule has 23 heavy (non-hydrogen) atoms. The molecule has 8 heteroatoms. The van der Waals surface area contributed by atoms with Crippen LogP contribution in [0, 0.1) is 5.82 Å². The number of morpholine rings is 1. The van der Waals surface area contributed by atoms with Gasteiger partial charge in [-0.15, -0.1) is 0 Å². The molecule has 1 aromatic heterocycles. The Bertz CT molecular complexity index is 514. The van der Waals surface area contributed by atoms with Crippen molar-refractivity contribution in [3.63, 3.8) is 0 Å². The zero-order valence-corrected chi connectivity index (χ0v) is 12.9. The maximum atomic E-state index is 12.8. The second kappa shape index (κ2) is 7.54. The van der Waals surface area contributed by atoms with Crippen molar-refractivity contribution in [3.05, 3.63) is 18.2 Å². The van der Waals surface area contributed by atoms with Gasteiger partial charge in [0.2, 0.25) is 0 Å². The van der Waals surface area contributed by atoms with E-state index in [9.17, 15) is 9.18 Å². The van der Waals surface area contributed by atoms with Gasteiger partial charge in [-0.25, -0.2) is 19.2 Å². The molecule has 1 aliphatic heterocycles. The number of nitrogens with zero attached hydrogens (tertiary/aromatic N) is 3. The molecule has 1 N–H and O–H groups in total. The number of amides is 2. The number of carbonyl (C=O) groups is 1. The van der Waals surface area contributed by atoms with Gasteiger partial charge in [0.1, 0.15) is 6.10 Å². The van der Waals surface area contributed by atoms with E-state index in [1.54, 1.807) is 4.90 Å². The molecule has 1 saturated carbocycles. The van der Waals surface area contributed by atoms with Crippen molar-refractivity contribution in [1.82, 2.24) is 20.2 Å². The first-order chi connectivity index (χ1) is 11.2. The average molecular weight is 324 g/mol. The molecule has 0 atom stereocenters. The first-order valence-electron chi connectivity index (χ1n) is 7.98.